The smallest absolute Gasteiger partial charge is 0.218 e. The number of hydrogen-bond donors (Lipinski definition) is 2. The Labute approximate surface area is 137 Å². The second-order valence-corrected chi connectivity index (χ2v) is 4.84. The predicted octanol–water partition coefficient (Wildman–Crippen LogP) is 2.51. The largest absolute Gasteiger partial charge is 0.473 e. The molecule has 0 spiro atoms. The SMILES string of the molecule is C=CCNC(=NC)NCc1cccnc1OCc1ccccc1. The maximum atomic E-state index is 5.84. The van der Waals surface area contributed by atoms with Crippen LogP contribution in [0.5, 0.6) is 5.88 Å². The van der Waals surface area contributed by atoms with E-state index in [9.17, 15) is 0 Å². The number of nitrogens with zero attached hydrogens (tertiary/aromatic N) is 2. The minimum Gasteiger partial charge on any atom is -0.473 e. The number of nitrogens with one attached hydrogen (secondary N) is 2. The van der Waals surface area contributed by atoms with Crippen molar-refractivity contribution in [2.24, 2.45) is 4.99 Å². The molecule has 0 unspecified atom stereocenters. The van der Waals surface area contributed by atoms with Crippen LogP contribution >= 0.6 is 0 Å². The lowest BCUT2D eigenvalue weighted by molar-refractivity contribution is 0.290. The molecule has 5 heteroatoms. The molecule has 0 bridgehead atoms. The molecule has 0 atom stereocenters. The zero-order valence-electron chi connectivity index (χ0n) is 13.3. The second-order valence-electron chi connectivity index (χ2n) is 4.84. The van der Waals surface area contributed by atoms with Crippen molar-refractivity contribution in [3.63, 3.8) is 0 Å². The fourth-order valence-corrected chi connectivity index (χ4v) is 1.98. The van der Waals surface area contributed by atoms with Crippen LogP contribution in [0.15, 0.2) is 66.3 Å². The molecule has 0 aliphatic rings. The molecule has 0 amide bonds. The first-order valence-corrected chi connectivity index (χ1v) is 7.49. The fourth-order valence-electron chi connectivity index (χ4n) is 1.98. The molecule has 1 heterocycles. The summed E-state index contributed by atoms with van der Waals surface area (Å²) in [6, 6.07) is 13.9. The van der Waals surface area contributed by atoms with E-state index in [-0.39, 0.29) is 0 Å². The Bertz CT molecular complexity index is 640. The summed E-state index contributed by atoms with van der Waals surface area (Å²) in [5.41, 5.74) is 2.09. The average Bonchev–Trinajstić information content (AvgIpc) is 2.62. The average molecular weight is 310 g/mol. The Hall–Kier alpha value is -2.82. The summed E-state index contributed by atoms with van der Waals surface area (Å²) >= 11 is 0. The standard InChI is InChI=1S/C18H22N4O/c1-3-11-21-18(19-2)22-13-16-10-7-12-20-17(16)23-14-15-8-5-4-6-9-15/h3-10,12H,1,11,13-14H2,2H3,(H2,19,21,22). The maximum Gasteiger partial charge on any atom is 0.218 e. The minimum atomic E-state index is 0.494. The highest BCUT2D eigenvalue weighted by atomic mass is 16.5. The third-order valence-corrected chi connectivity index (χ3v) is 3.15. The fraction of sp³-hybridized carbons (Fsp3) is 0.222. The van der Waals surface area contributed by atoms with Gasteiger partial charge in [0.15, 0.2) is 5.96 Å². The second kappa shape index (κ2) is 9.25. The van der Waals surface area contributed by atoms with Crippen molar-refractivity contribution in [1.82, 2.24) is 15.6 Å². The Morgan fingerprint density at radius 1 is 1.22 bits per heavy atom. The van der Waals surface area contributed by atoms with Crippen LogP contribution in [0.25, 0.3) is 0 Å². The first-order valence-electron chi connectivity index (χ1n) is 7.49. The number of guanidine groups is 1. The monoisotopic (exact) mass is 310 g/mol. The van der Waals surface area contributed by atoms with Crippen molar-refractivity contribution >= 4 is 5.96 Å². The molecule has 120 valence electrons. The van der Waals surface area contributed by atoms with Gasteiger partial charge in [0.2, 0.25) is 5.88 Å². The molecule has 0 aliphatic carbocycles. The Morgan fingerprint density at radius 3 is 2.78 bits per heavy atom. The molecule has 1 aromatic carbocycles. The van der Waals surface area contributed by atoms with Gasteiger partial charge in [-0.05, 0) is 11.6 Å². The zero-order valence-corrected chi connectivity index (χ0v) is 13.3. The molecular weight excluding hydrogens is 288 g/mol. The zero-order chi connectivity index (χ0) is 16.3. The van der Waals surface area contributed by atoms with Crippen molar-refractivity contribution in [2.45, 2.75) is 13.2 Å². The van der Waals surface area contributed by atoms with Crippen LogP contribution in [0.2, 0.25) is 0 Å². The molecule has 2 rings (SSSR count). The van der Waals surface area contributed by atoms with Gasteiger partial charge in [0, 0.05) is 31.9 Å². The number of pyridine rings is 1. The van der Waals surface area contributed by atoms with E-state index < -0.39 is 0 Å². The number of benzene rings is 1. The Balaban J connectivity index is 1.95. The highest BCUT2D eigenvalue weighted by molar-refractivity contribution is 5.79. The molecular formula is C18H22N4O. The highest BCUT2D eigenvalue weighted by Gasteiger charge is 2.06. The molecule has 23 heavy (non-hydrogen) atoms. The van der Waals surface area contributed by atoms with Gasteiger partial charge in [-0.2, -0.15) is 0 Å². The molecule has 1 aromatic heterocycles. The highest BCUT2D eigenvalue weighted by Crippen LogP contribution is 2.15. The van der Waals surface area contributed by atoms with Gasteiger partial charge in [-0.25, -0.2) is 4.98 Å². The number of hydrogen-bond acceptors (Lipinski definition) is 3. The lowest BCUT2D eigenvalue weighted by Gasteiger charge is -2.13. The Morgan fingerprint density at radius 2 is 2.04 bits per heavy atom. The van der Waals surface area contributed by atoms with E-state index in [0.29, 0.717) is 31.5 Å². The summed E-state index contributed by atoms with van der Waals surface area (Å²) < 4.78 is 5.84. The van der Waals surface area contributed by atoms with Gasteiger partial charge in [0.05, 0.1) is 0 Å². The van der Waals surface area contributed by atoms with Crippen LogP contribution in [0, 0.1) is 0 Å². The lowest BCUT2D eigenvalue weighted by atomic mass is 10.2. The van der Waals surface area contributed by atoms with Crippen molar-refractivity contribution in [3.05, 3.63) is 72.4 Å². The van der Waals surface area contributed by atoms with Crippen LogP contribution in [0.1, 0.15) is 11.1 Å². The van der Waals surface area contributed by atoms with Gasteiger partial charge in [-0.3, -0.25) is 4.99 Å². The topological polar surface area (TPSA) is 58.5 Å². The third kappa shape index (κ3) is 5.47. The van der Waals surface area contributed by atoms with Gasteiger partial charge in [-0.15, -0.1) is 6.58 Å². The van der Waals surface area contributed by atoms with Gasteiger partial charge in [0.25, 0.3) is 0 Å². The van der Waals surface area contributed by atoms with Gasteiger partial charge < -0.3 is 15.4 Å². The van der Waals surface area contributed by atoms with E-state index in [2.05, 4.69) is 27.2 Å². The van der Waals surface area contributed by atoms with E-state index >= 15 is 0 Å². The lowest BCUT2D eigenvalue weighted by Crippen LogP contribution is -2.36. The van der Waals surface area contributed by atoms with Crippen LogP contribution < -0.4 is 15.4 Å². The molecule has 0 saturated carbocycles. The minimum absolute atomic E-state index is 0.494. The van der Waals surface area contributed by atoms with E-state index in [0.717, 1.165) is 11.1 Å². The van der Waals surface area contributed by atoms with Crippen LogP contribution in [-0.2, 0) is 13.2 Å². The van der Waals surface area contributed by atoms with Gasteiger partial charge in [0.1, 0.15) is 6.61 Å². The predicted molar refractivity (Wildman–Crippen MR) is 93.4 cm³/mol. The van der Waals surface area contributed by atoms with Crippen molar-refractivity contribution in [3.8, 4) is 5.88 Å². The number of rotatable bonds is 7. The number of aliphatic imine (C=N–C) groups is 1. The molecule has 0 saturated heterocycles. The third-order valence-electron chi connectivity index (χ3n) is 3.15. The first kappa shape index (κ1) is 16.5. The molecule has 0 fully saturated rings. The molecule has 2 N–H and O–H groups in total. The summed E-state index contributed by atoms with van der Waals surface area (Å²) in [7, 11) is 1.73. The van der Waals surface area contributed by atoms with Gasteiger partial charge in [-0.1, -0.05) is 42.5 Å². The van der Waals surface area contributed by atoms with E-state index in [1.54, 1.807) is 19.3 Å². The summed E-state index contributed by atoms with van der Waals surface area (Å²) in [5, 5.41) is 6.36. The van der Waals surface area contributed by atoms with Crippen molar-refractivity contribution in [1.29, 1.82) is 0 Å². The van der Waals surface area contributed by atoms with Crippen LogP contribution in [-0.4, -0.2) is 24.5 Å². The summed E-state index contributed by atoms with van der Waals surface area (Å²) in [6.45, 7) is 5.41. The number of ether oxygens (including phenoxy) is 1. The van der Waals surface area contributed by atoms with E-state index in [4.69, 9.17) is 4.74 Å². The Kier molecular flexibility index (Phi) is 6.65. The van der Waals surface area contributed by atoms with E-state index in [1.165, 1.54) is 0 Å². The summed E-state index contributed by atoms with van der Waals surface area (Å²) in [5.74, 6) is 1.34. The molecule has 0 radical (unpaired) electrons. The van der Waals surface area contributed by atoms with Crippen LogP contribution in [0.4, 0.5) is 0 Å². The van der Waals surface area contributed by atoms with Crippen LogP contribution in [0.3, 0.4) is 0 Å². The number of aromatic nitrogens is 1. The van der Waals surface area contributed by atoms with Gasteiger partial charge >= 0.3 is 0 Å². The van der Waals surface area contributed by atoms with Crippen molar-refractivity contribution < 1.29 is 4.74 Å². The summed E-state index contributed by atoms with van der Waals surface area (Å²) in [6.07, 6.45) is 3.51. The quantitative estimate of drug-likeness (QED) is 0.469. The summed E-state index contributed by atoms with van der Waals surface area (Å²) in [4.78, 5) is 8.47. The molecule has 5 nitrogen and oxygen atoms in total. The first-order chi connectivity index (χ1) is 11.3. The normalized spacial score (nSPS) is 10.9. The van der Waals surface area contributed by atoms with E-state index in [1.807, 2.05) is 42.5 Å². The molecule has 0 aliphatic heterocycles. The molecule has 2 aromatic rings. The maximum absolute atomic E-state index is 5.84. The van der Waals surface area contributed by atoms with Crippen molar-refractivity contribution in [2.75, 3.05) is 13.6 Å².